The van der Waals surface area contributed by atoms with Crippen LogP contribution in [-0.2, 0) is 4.79 Å². The summed E-state index contributed by atoms with van der Waals surface area (Å²) >= 11 is 0. The van der Waals surface area contributed by atoms with Gasteiger partial charge in [-0.25, -0.2) is 0 Å². The van der Waals surface area contributed by atoms with Crippen LogP contribution in [0.2, 0.25) is 0 Å². The zero-order valence-corrected chi connectivity index (χ0v) is 17.2. The summed E-state index contributed by atoms with van der Waals surface area (Å²) in [5.41, 5.74) is 0. The second-order valence-corrected chi connectivity index (χ2v) is 8.19. The summed E-state index contributed by atoms with van der Waals surface area (Å²) < 4.78 is 0. The molecule has 0 N–H and O–H groups in total. The highest BCUT2D eigenvalue weighted by molar-refractivity contribution is 5.78. The van der Waals surface area contributed by atoms with Crippen molar-refractivity contribution in [2.45, 2.75) is 136 Å². The van der Waals surface area contributed by atoms with Gasteiger partial charge in [0.15, 0.2) is 0 Å². The van der Waals surface area contributed by atoms with Crippen molar-refractivity contribution in [3.63, 3.8) is 0 Å². The van der Waals surface area contributed by atoms with Crippen molar-refractivity contribution < 1.29 is 4.79 Å². The molecule has 24 heavy (non-hydrogen) atoms. The van der Waals surface area contributed by atoms with Gasteiger partial charge < -0.3 is 0 Å². The van der Waals surface area contributed by atoms with Gasteiger partial charge in [-0.05, 0) is 12.3 Å². The fourth-order valence-electron chi connectivity index (χ4n) is 3.43. The average Bonchev–Trinajstić information content (AvgIpc) is 2.53. The van der Waals surface area contributed by atoms with E-state index >= 15 is 0 Å². The van der Waals surface area contributed by atoms with E-state index < -0.39 is 0 Å². The lowest BCUT2D eigenvalue weighted by molar-refractivity contribution is -0.119. The molecule has 0 saturated heterocycles. The Hall–Kier alpha value is -0.330. The van der Waals surface area contributed by atoms with Crippen LogP contribution in [0.1, 0.15) is 136 Å². The molecule has 1 nitrogen and oxygen atoms in total. The normalized spacial score (nSPS) is 11.3. The number of rotatable bonds is 19. The first-order valence-corrected chi connectivity index (χ1v) is 11.2. The molecule has 0 bridgehead atoms. The quantitative estimate of drug-likeness (QED) is 0.217. The van der Waals surface area contributed by atoms with Crippen LogP contribution in [0.5, 0.6) is 0 Å². The summed E-state index contributed by atoms with van der Waals surface area (Å²) in [6.45, 7) is 6.55. The summed E-state index contributed by atoms with van der Waals surface area (Å²) in [5.74, 6) is 0.994. The monoisotopic (exact) mass is 338 g/mol. The molecule has 0 saturated carbocycles. The molecule has 0 aromatic heterocycles. The predicted molar refractivity (Wildman–Crippen MR) is 109 cm³/mol. The van der Waals surface area contributed by atoms with Crippen LogP contribution < -0.4 is 0 Å². The van der Waals surface area contributed by atoms with Crippen LogP contribution in [0, 0.1) is 5.92 Å². The number of ketones is 1. The molecule has 144 valence electrons. The summed E-state index contributed by atoms with van der Waals surface area (Å²) in [6, 6.07) is 0. The van der Waals surface area contributed by atoms with E-state index in [9.17, 15) is 4.79 Å². The van der Waals surface area contributed by atoms with Gasteiger partial charge in [-0.1, -0.05) is 117 Å². The Labute approximate surface area is 153 Å². The van der Waals surface area contributed by atoms with Crippen LogP contribution in [0.4, 0.5) is 0 Å². The Morgan fingerprint density at radius 2 is 0.917 bits per heavy atom. The molecule has 0 aliphatic carbocycles. The van der Waals surface area contributed by atoms with Gasteiger partial charge in [0.05, 0.1) is 0 Å². The third-order valence-electron chi connectivity index (χ3n) is 4.95. The topological polar surface area (TPSA) is 17.1 Å². The molecule has 0 aromatic rings. The fraction of sp³-hybridized carbons (Fsp3) is 0.957. The molecule has 0 amide bonds. The molecular weight excluding hydrogens is 292 g/mol. The molecule has 0 aliphatic rings. The maximum Gasteiger partial charge on any atom is 0.133 e. The molecule has 0 aliphatic heterocycles. The zero-order valence-electron chi connectivity index (χ0n) is 17.2. The van der Waals surface area contributed by atoms with Gasteiger partial charge >= 0.3 is 0 Å². The summed E-state index contributed by atoms with van der Waals surface area (Å²) in [6.07, 6.45) is 23.9. The molecule has 0 spiro atoms. The molecule has 1 heteroatoms. The van der Waals surface area contributed by atoms with Gasteiger partial charge in [0.1, 0.15) is 5.78 Å². The van der Waals surface area contributed by atoms with Crippen molar-refractivity contribution in [1.29, 1.82) is 0 Å². The molecule has 0 unspecified atom stereocenters. The Bertz CT molecular complexity index is 257. The smallest absolute Gasteiger partial charge is 0.133 e. The Morgan fingerprint density at radius 1 is 0.583 bits per heavy atom. The van der Waals surface area contributed by atoms with E-state index in [4.69, 9.17) is 0 Å². The van der Waals surface area contributed by atoms with E-state index in [1.54, 1.807) is 0 Å². The summed E-state index contributed by atoms with van der Waals surface area (Å²) in [5, 5.41) is 0. The summed E-state index contributed by atoms with van der Waals surface area (Å²) in [7, 11) is 0. The van der Waals surface area contributed by atoms with Crippen LogP contribution in [0.3, 0.4) is 0 Å². The molecule has 0 heterocycles. The Kier molecular flexibility index (Phi) is 18.7. The van der Waals surface area contributed by atoms with Crippen LogP contribution in [0.25, 0.3) is 0 Å². The first kappa shape index (κ1) is 23.7. The van der Waals surface area contributed by atoms with E-state index in [-0.39, 0.29) is 0 Å². The lowest BCUT2D eigenvalue weighted by atomic mass is 10.0. The highest BCUT2D eigenvalue weighted by Gasteiger charge is 2.04. The first-order valence-electron chi connectivity index (χ1n) is 11.2. The lowest BCUT2D eigenvalue weighted by Crippen LogP contribution is -2.02. The zero-order chi connectivity index (χ0) is 17.9. The van der Waals surface area contributed by atoms with E-state index in [1.165, 1.54) is 96.3 Å². The highest BCUT2D eigenvalue weighted by atomic mass is 16.1. The minimum atomic E-state index is 0.468. The minimum Gasteiger partial charge on any atom is -0.300 e. The van der Waals surface area contributed by atoms with E-state index in [2.05, 4.69) is 20.8 Å². The van der Waals surface area contributed by atoms with E-state index in [1.807, 2.05) is 0 Å². The molecule has 0 atom stereocenters. The third-order valence-corrected chi connectivity index (χ3v) is 4.95. The van der Waals surface area contributed by atoms with Crippen molar-refractivity contribution in [2.24, 2.45) is 5.92 Å². The predicted octanol–water partition coefficient (Wildman–Crippen LogP) is 8.25. The standard InChI is InChI=1S/C23H46O/c1-4-5-6-7-8-9-10-11-12-13-14-15-16-17-18-19-20-23(24)21-22(2)3/h22H,4-21H2,1-3H3. The maximum absolute atomic E-state index is 11.6. The minimum absolute atomic E-state index is 0.468. The number of hydrogen-bond donors (Lipinski definition) is 0. The van der Waals surface area contributed by atoms with Gasteiger partial charge in [0, 0.05) is 12.8 Å². The molecule has 0 aromatic carbocycles. The van der Waals surface area contributed by atoms with Gasteiger partial charge in [0.2, 0.25) is 0 Å². The van der Waals surface area contributed by atoms with Gasteiger partial charge in [-0.15, -0.1) is 0 Å². The molecule has 0 fully saturated rings. The van der Waals surface area contributed by atoms with Crippen molar-refractivity contribution in [3.8, 4) is 0 Å². The second-order valence-electron chi connectivity index (χ2n) is 8.19. The number of unbranched alkanes of at least 4 members (excludes halogenated alkanes) is 15. The third kappa shape index (κ3) is 19.7. The lowest BCUT2D eigenvalue weighted by Gasteiger charge is -2.04. The second kappa shape index (κ2) is 19.0. The Morgan fingerprint density at radius 3 is 1.25 bits per heavy atom. The highest BCUT2D eigenvalue weighted by Crippen LogP contribution is 2.14. The number of Topliss-reactive ketones (excluding diaryl/α,β-unsaturated/α-hetero) is 1. The van der Waals surface area contributed by atoms with Crippen molar-refractivity contribution >= 4 is 5.78 Å². The van der Waals surface area contributed by atoms with Crippen molar-refractivity contribution in [3.05, 3.63) is 0 Å². The van der Waals surface area contributed by atoms with E-state index in [0.29, 0.717) is 11.7 Å². The first-order chi connectivity index (χ1) is 11.7. The van der Waals surface area contributed by atoms with Crippen LogP contribution >= 0.6 is 0 Å². The molecule has 0 rings (SSSR count). The number of hydrogen-bond acceptors (Lipinski definition) is 1. The average molecular weight is 339 g/mol. The number of carbonyl (C=O) groups is 1. The SMILES string of the molecule is CCCCCCCCCCCCCCCCCCC(=O)CC(C)C. The Balaban J connectivity index is 3.06. The fourth-order valence-corrected chi connectivity index (χ4v) is 3.43. The van der Waals surface area contributed by atoms with E-state index in [0.717, 1.165) is 19.3 Å². The maximum atomic E-state index is 11.6. The number of carbonyl (C=O) groups excluding carboxylic acids is 1. The van der Waals surface area contributed by atoms with Gasteiger partial charge in [0.25, 0.3) is 0 Å². The molecular formula is C23H46O. The van der Waals surface area contributed by atoms with Crippen molar-refractivity contribution in [2.75, 3.05) is 0 Å². The largest absolute Gasteiger partial charge is 0.300 e. The van der Waals surface area contributed by atoms with Crippen molar-refractivity contribution in [1.82, 2.24) is 0 Å². The van der Waals surface area contributed by atoms with Gasteiger partial charge in [-0.2, -0.15) is 0 Å². The van der Waals surface area contributed by atoms with Gasteiger partial charge in [-0.3, -0.25) is 4.79 Å². The van der Waals surface area contributed by atoms with Crippen LogP contribution in [0.15, 0.2) is 0 Å². The summed E-state index contributed by atoms with van der Waals surface area (Å²) in [4.78, 5) is 11.6. The molecule has 0 radical (unpaired) electrons. The van der Waals surface area contributed by atoms with Crippen LogP contribution in [-0.4, -0.2) is 5.78 Å².